The molecule has 1 aliphatic carbocycles. The largest absolute Gasteiger partial charge is 0.392 e. The van der Waals surface area contributed by atoms with Crippen LogP contribution in [0.4, 0.5) is 0 Å². The molecule has 0 bridgehead atoms. The number of aliphatic hydroxyl groups is 1. The first-order valence-corrected chi connectivity index (χ1v) is 6.07. The second kappa shape index (κ2) is 6.28. The Morgan fingerprint density at radius 1 is 1.54 bits per heavy atom. The SMILES string of the molecule is CCC(O)CSCC1C=CC=CC1. The van der Waals surface area contributed by atoms with E-state index < -0.39 is 0 Å². The Morgan fingerprint density at radius 2 is 2.38 bits per heavy atom. The molecular formula is C11H18OS. The van der Waals surface area contributed by atoms with Gasteiger partial charge in [-0.25, -0.2) is 0 Å². The molecule has 2 unspecified atom stereocenters. The van der Waals surface area contributed by atoms with Gasteiger partial charge in [0.25, 0.3) is 0 Å². The van der Waals surface area contributed by atoms with E-state index in [9.17, 15) is 5.11 Å². The smallest absolute Gasteiger partial charge is 0.0628 e. The number of hydrogen-bond donors (Lipinski definition) is 1. The monoisotopic (exact) mass is 198 g/mol. The number of aliphatic hydroxyl groups excluding tert-OH is 1. The Bertz CT molecular complexity index is 187. The van der Waals surface area contributed by atoms with E-state index in [1.807, 2.05) is 18.7 Å². The van der Waals surface area contributed by atoms with E-state index in [-0.39, 0.29) is 6.10 Å². The number of hydrogen-bond acceptors (Lipinski definition) is 2. The summed E-state index contributed by atoms with van der Waals surface area (Å²) in [6, 6.07) is 0. The van der Waals surface area contributed by atoms with E-state index in [1.165, 1.54) is 0 Å². The fourth-order valence-electron chi connectivity index (χ4n) is 1.23. The molecule has 0 fully saturated rings. The third kappa shape index (κ3) is 4.53. The highest BCUT2D eigenvalue weighted by molar-refractivity contribution is 7.99. The summed E-state index contributed by atoms with van der Waals surface area (Å²) < 4.78 is 0. The Labute approximate surface area is 84.9 Å². The van der Waals surface area contributed by atoms with Crippen molar-refractivity contribution in [3.05, 3.63) is 24.3 Å². The molecule has 0 radical (unpaired) electrons. The van der Waals surface area contributed by atoms with E-state index in [4.69, 9.17) is 0 Å². The zero-order valence-electron chi connectivity index (χ0n) is 8.15. The van der Waals surface area contributed by atoms with Crippen LogP contribution >= 0.6 is 11.8 Å². The molecule has 0 aromatic heterocycles. The van der Waals surface area contributed by atoms with Crippen molar-refractivity contribution < 1.29 is 5.11 Å². The molecule has 0 saturated heterocycles. The van der Waals surface area contributed by atoms with Gasteiger partial charge in [-0.1, -0.05) is 31.2 Å². The van der Waals surface area contributed by atoms with E-state index in [1.54, 1.807) is 0 Å². The van der Waals surface area contributed by atoms with Crippen LogP contribution in [0.5, 0.6) is 0 Å². The van der Waals surface area contributed by atoms with Gasteiger partial charge in [0.15, 0.2) is 0 Å². The van der Waals surface area contributed by atoms with Crippen LogP contribution < -0.4 is 0 Å². The lowest BCUT2D eigenvalue weighted by molar-refractivity contribution is 0.195. The van der Waals surface area contributed by atoms with Crippen LogP contribution in [0.1, 0.15) is 19.8 Å². The summed E-state index contributed by atoms with van der Waals surface area (Å²) in [4.78, 5) is 0. The molecule has 1 rings (SSSR count). The minimum Gasteiger partial charge on any atom is -0.392 e. The number of rotatable bonds is 5. The van der Waals surface area contributed by atoms with Gasteiger partial charge in [-0.15, -0.1) is 0 Å². The Morgan fingerprint density at radius 3 is 3.00 bits per heavy atom. The first kappa shape index (κ1) is 10.9. The average molecular weight is 198 g/mol. The molecule has 74 valence electrons. The minimum atomic E-state index is -0.117. The molecule has 1 N–H and O–H groups in total. The van der Waals surface area contributed by atoms with Crippen molar-refractivity contribution in [1.82, 2.24) is 0 Å². The van der Waals surface area contributed by atoms with Gasteiger partial charge in [0.1, 0.15) is 0 Å². The topological polar surface area (TPSA) is 20.2 Å². The maximum Gasteiger partial charge on any atom is 0.0628 e. The first-order chi connectivity index (χ1) is 6.33. The summed E-state index contributed by atoms with van der Waals surface area (Å²) in [6.45, 7) is 2.02. The highest BCUT2D eigenvalue weighted by atomic mass is 32.2. The van der Waals surface area contributed by atoms with Crippen LogP contribution in [0.3, 0.4) is 0 Å². The van der Waals surface area contributed by atoms with Gasteiger partial charge in [0, 0.05) is 5.75 Å². The molecule has 0 aliphatic heterocycles. The Kier molecular flexibility index (Phi) is 5.25. The van der Waals surface area contributed by atoms with Crippen LogP contribution in [0.25, 0.3) is 0 Å². The van der Waals surface area contributed by atoms with Crippen molar-refractivity contribution in [2.75, 3.05) is 11.5 Å². The van der Waals surface area contributed by atoms with E-state index in [0.29, 0.717) is 5.92 Å². The maximum atomic E-state index is 9.33. The van der Waals surface area contributed by atoms with Crippen LogP contribution in [-0.2, 0) is 0 Å². The summed E-state index contributed by atoms with van der Waals surface area (Å²) in [5.74, 6) is 2.70. The van der Waals surface area contributed by atoms with Crippen LogP contribution in [-0.4, -0.2) is 22.7 Å². The van der Waals surface area contributed by atoms with Gasteiger partial charge in [0.2, 0.25) is 0 Å². The third-order valence-corrected chi connectivity index (χ3v) is 3.47. The molecule has 13 heavy (non-hydrogen) atoms. The summed E-state index contributed by atoms with van der Waals surface area (Å²) in [5, 5.41) is 9.33. The van der Waals surface area contributed by atoms with Gasteiger partial charge in [-0.3, -0.25) is 0 Å². The Balaban J connectivity index is 2.06. The quantitative estimate of drug-likeness (QED) is 0.733. The van der Waals surface area contributed by atoms with E-state index in [2.05, 4.69) is 24.3 Å². The van der Waals surface area contributed by atoms with Crippen LogP contribution in [0.15, 0.2) is 24.3 Å². The van der Waals surface area contributed by atoms with Gasteiger partial charge in [-0.05, 0) is 24.5 Å². The first-order valence-electron chi connectivity index (χ1n) is 4.92. The van der Waals surface area contributed by atoms with Crippen molar-refractivity contribution in [3.63, 3.8) is 0 Å². The average Bonchev–Trinajstić information content (AvgIpc) is 2.19. The molecule has 1 nitrogen and oxygen atoms in total. The van der Waals surface area contributed by atoms with Gasteiger partial charge < -0.3 is 5.11 Å². The zero-order valence-corrected chi connectivity index (χ0v) is 8.96. The van der Waals surface area contributed by atoms with Crippen molar-refractivity contribution >= 4 is 11.8 Å². The summed E-state index contributed by atoms with van der Waals surface area (Å²) >= 11 is 1.86. The fourth-order valence-corrected chi connectivity index (χ4v) is 2.42. The summed E-state index contributed by atoms with van der Waals surface area (Å²) in [7, 11) is 0. The fraction of sp³-hybridized carbons (Fsp3) is 0.636. The summed E-state index contributed by atoms with van der Waals surface area (Å²) in [5.41, 5.74) is 0. The normalized spacial score (nSPS) is 23.4. The molecule has 2 atom stereocenters. The van der Waals surface area contributed by atoms with Crippen molar-refractivity contribution in [3.8, 4) is 0 Å². The lowest BCUT2D eigenvalue weighted by Gasteiger charge is -2.13. The lowest BCUT2D eigenvalue weighted by Crippen LogP contribution is -2.10. The van der Waals surface area contributed by atoms with E-state index in [0.717, 1.165) is 24.3 Å². The van der Waals surface area contributed by atoms with Gasteiger partial charge in [-0.2, -0.15) is 11.8 Å². The predicted octanol–water partition coefficient (Wildman–Crippen LogP) is 2.62. The molecular weight excluding hydrogens is 180 g/mol. The van der Waals surface area contributed by atoms with Crippen molar-refractivity contribution in [1.29, 1.82) is 0 Å². The highest BCUT2D eigenvalue weighted by Gasteiger charge is 2.06. The molecule has 0 heterocycles. The zero-order chi connectivity index (χ0) is 9.52. The predicted molar refractivity (Wildman–Crippen MR) is 60.0 cm³/mol. The van der Waals surface area contributed by atoms with Crippen molar-refractivity contribution in [2.24, 2.45) is 5.92 Å². The summed E-state index contributed by atoms with van der Waals surface area (Å²) in [6.07, 6.45) is 10.6. The highest BCUT2D eigenvalue weighted by Crippen LogP contribution is 2.18. The molecule has 2 heteroatoms. The molecule has 0 aromatic rings. The van der Waals surface area contributed by atoms with Crippen molar-refractivity contribution in [2.45, 2.75) is 25.9 Å². The van der Waals surface area contributed by atoms with Gasteiger partial charge >= 0.3 is 0 Å². The standard InChI is InChI=1S/C11H18OS/c1-2-11(12)9-13-8-10-6-4-3-5-7-10/h3-6,10-12H,2,7-9H2,1H3. The molecule has 0 saturated carbocycles. The van der Waals surface area contributed by atoms with Crippen LogP contribution in [0, 0.1) is 5.92 Å². The van der Waals surface area contributed by atoms with E-state index >= 15 is 0 Å². The molecule has 0 spiro atoms. The second-order valence-corrected chi connectivity index (χ2v) is 4.48. The molecule has 0 amide bonds. The Hall–Kier alpha value is -0.210. The number of thioether (sulfide) groups is 1. The molecule has 0 aromatic carbocycles. The number of allylic oxidation sites excluding steroid dienone is 4. The third-order valence-electron chi connectivity index (χ3n) is 2.18. The maximum absolute atomic E-state index is 9.33. The molecule has 1 aliphatic rings. The van der Waals surface area contributed by atoms with Gasteiger partial charge in [0.05, 0.1) is 6.10 Å². The van der Waals surface area contributed by atoms with Crippen LogP contribution in [0.2, 0.25) is 0 Å². The second-order valence-electron chi connectivity index (χ2n) is 3.41. The lowest BCUT2D eigenvalue weighted by atomic mass is 10.0. The minimum absolute atomic E-state index is 0.117.